The van der Waals surface area contributed by atoms with Crippen LogP contribution in [0.25, 0.3) is 0 Å². The van der Waals surface area contributed by atoms with Gasteiger partial charge in [0.25, 0.3) is 0 Å². The molecule has 0 aliphatic rings. The van der Waals surface area contributed by atoms with Crippen LogP contribution >= 0.6 is 0 Å². The van der Waals surface area contributed by atoms with Crippen LogP contribution in [0.2, 0.25) is 0 Å². The second-order valence-corrected chi connectivity index (χ2v) is 7.36. The Balaban J connectivity index is 2.29. The number of nitriles is 1. The molecule has 0 atom stereocenters. The zero-order valence-electron chi connectivity index (χ0n) is 14.1. The number of rotatable bonds is 6. The van der Waals surface area contributed by atoms with Crippen LogP contribution in [0.1, 0.15) is 18.1 Å². The average molecular weight is 357 g/mol. The molecule has 7 heteroatoms. The molecule has 0 bridgehead atoms. The van der Waals surface area contributed by atoms with Gasteiger partial charge in [-0.25, -0.2) is 8.42 Å². The first-order valence-corrected chi connectivity index (χ1v) is 9.56. The van der Waals surface area contributed by atoms with Gasteiger partial charge in [-0.05, 0) is 30.2 Å². The van der Waals surface area contributed by atoms with Crippen LogP contribution in [0.3, 0.4) is 0 Å². The summed E-state index contributed by atoms with van der Waals surface area (Å²) in [5.74, 6) is -0.515. The van der Waals surface area contributed by atoms with Crippen molar-refractivity contribution in [3.05, 3.63) is 59.7 Å². The van der Waals surface area contributed by atoms with Crippen LogP contribution in [0.15, 0.2) is 48.5 Å². The van der Waals surface area contributed by atoms with Gasteiger partial charge in [0.15, 0.2) is 0 Å². The summed E-state index contributed by atoms with van der Waals surface area (Å²) in [5.41, 5.74) is 1.98. The maximum atomic E-state index is 12.4. The fourth-order valence-electron chi connectivity index (χ4n) is 2.44. The van der Waals surface area contributed by atoms with Crippen LogP contribution < -0.4 is 9.62 Å². The molecule has 2 aromatic carbocycles. The van der Waals surface area contributed by atoms with E-state index < -0.39 is 15.9 Å². The number of sulfonamides is 1. The number of carbonyl (C=O) groups is 1. The number of nitrogens with one attached hydrogen (secondary N) is 1. The summed E-state index contributed by atoms with van der Waals surface area (Å²) in [5, 5.41) is 11.7. The van der Waals surface area contributed by atoms with Crippen molar-refractivity contribution in [2.45, 2.75) is 13.3 Å². The molecule has 0 radical (unpaired) electrons. The van der Waals surface area contributed by atoms with Gasteiger partial charge in [0.2, 0.25) is 15.9 Å². The first kappa shape index (κ1) is 18.5. The molecule has 0 spiro atoms. The molecule has 1 N–H and O–H groups in total. The van der Waals surface area contributed by atoms with Crippen molar-refractivity contribution in [2.75, 3.05) is 22.4 Å². The van der Waals surface area contributed by atoms with Crippen LogP contribution in [0, 0.1) is 11.3 Å². The van der Waals surface area contributed by atoms with Gasteiger partial charge in [-0.15, -0.1) is 0 Å². The van der Waals surface area contributed by atoms with E-state index in [1.54, 1.807) is 36.4 Å². The Morgan fingerprint density at radius 2 is 1.80 bits per heavy atom. The predicted molar refractivity (Wildman–Crippen MR) is 97.8 cm³/mol. The second-order valence-electron chi connectivity index (χ2n) is 5.46. The second kappa shape index (κ2) is 7.81. The molecule has 0 saturated carbocycles. The van der Waals surface area contributed by atoms with Crippen LogP contribution in [0.5, 0.6) is 0 Å². The van der Waals surface area contributed by atoms with Crippen molar-refractivity contribution in [1.82, 2.24) is 0 Å². The molecule has 130 valence electrons. The molecule has 0 aliphatic carbocycles. The van der Waals surface area contributed by atoms with Crippen molar-refractivity contribution in [3.8, 4) is 6.07 Å². The monoisotopic (exact) mass is 357 g/mol. The lowest BCUT2D eigenvalue weighted by atomic mass is 10.1. The molecule has 1 amide bonds. The van der Waals surface area contributed by atoms with Crippen molar-refractivity contribution in [2.24, 2.45) is 0 Å². The van der Waals surface area contributed by atoms with Crippen LogP contribution in [-0.4, -0.2) is 27.1 Å². The number of nitrogens with zero attached hydrogens (tertiary/aromatic N) is 2. The largest absolute Gasteiger partial charge is 0.323 e. The minimum atomic E-state index is -3.65. The maximum absolute atomic E-state index is 12.4. The van der Waals surface area contributed by atoms with E-state index in [2.05, 4.69) is 5.32 Å². The summed E-state index contributed by atoms with van der Waals surface area (Å²) in [4.78, 5) is 12.4. The quantitative estimate of drug-likeness (QED) is 0.860. The SMILES string of the molecule is CCc1ccccc1N(CC(=O)Nc1ccccc1C#N)S(C)(=O)=O. The predicted octanol–water partition coefficient (Wildman–Crippen LogP) is 2.53. The third-order valence-electron chi connectivity index (χ3n) is 3.65. The molecular formula is C18H19N3O3S. The first-order valence-electron chi connectivity index (χ1n) is 7.71. The fraction of sp³-hybridized carbons (Fsp3) is 0.222. The van der Waals surface area contributed by atoms with E-state index in [0.29, 0.717) is 23.4 Å². The zero-order valence-corrected chi connectivity index (χ0v) is 14.9. The average Bonchev–Trinajstić information content (AvgIpc) is 2.59. The number of anilines is 2. The van der Waals surface area contributed by atoms with Gasteiger partial charge in [0, 0.05) is 0 Å². The summed E-state index contributed by atoms with van der Waals surface area (Å²) in [6, 6.07) is 15.6. The molecule has 25 heavy (non-hydrogen) atoms. The van der Waals surface area contributed by atoms with E-state index in [1.165, 1.54) is 0 Å². The standard InChI is InChI=1S/C18H19N3O3S/c1-3-14-8-5-7-11-17(14)21(25(2,23)24)13-18(22)20-16-10-6-4-9-15(16)12-19/h4-11H,3,13H2,1-2H3,(H,20,22). The normalized spacial score (nSPS) is 10.8. The third kappa shape index (κ3) is 4.58. The highest BCUT2D eigenvalue weighted by Crippen LogP contribution is 2.23. The number of aryl methyl sites for hydroxylation is 1. The Bertz CT molecular complexity index is 917. The van der Waals surface area contributed by atoms with Gasteiger partial charge in [0.1, 0.15) is 12.6 Å². The van der Waals surface area contributed by atoms with Crippen molar-refractivity contribution >= 4 is 27.3 Å². The highest BCUT2D eigenvalue weighted by Gasteiger charge is 2.23. The van der Waals surface area contributed by atoms with E-state index in [4.69, 9.17) is 5.26 Å². The molecule has 2 aromatic rings. The summed E-state index contributed by atoms with van der Waals surface area (Å²) >= 11 is 0. The first-order chi connectivity index (χ1) is 11.9. The Morgan fingerprint density at radius 3 is 2.44 bits per heavy atom. The molecular weight excluding hydrogens is 338 g/mol. The van der Waals surface area contributed by atoms with Gasteiger partial charge < -0.3 is 5.32 Å². The van der Waals surface area contributed by atoms with Crippen LogP contribution in [-0.2, 0) is 21.2 Å². The number of hydrogen-bond donors (Lipinski definition) is 1. The maximum Gasteiger partial charge on any atom is 0.245 e. The smallest absolute Gasteiger partial charge is 0.245 e. The summed E-state index contributed by atoms with van der Waals surface area (Å²) in [7, 11) is -3.65. The number of para-hydroxylation sites is 2. The lowest BCUT2D eigenvalue weighted by Crippen LogP contribution is -2.38. The summed E-state index contributed by atoms with van der Waals surface area (Å²) in [6.45, 7) is 1.55. The van der Waals surface area contributed by atoms with Crippen LogP contribution in [0.4, 0.5) is 11.4 Å². The Morgan fingerprint density at radius 1 is 1.16 bits per heavy atom. The van der Waals surface area contributed by atoms with E-state index in [9.17, 15) is 13.2 Å². The van der Waals surface area contributed by atoms with E-state index >= 15 is 0 Å². The Kier molecular flexibility index (Phi) is 5.78. The van der Waals surface area contributed by atoms with E-state index in [-0.39, 0.29) is 6.54 Å². The molecule has 0 heterocycles. The topological polar surface area (TPSA) is 90.3 Å². The minimum absolute atomic E-state index is 0.315. The lowest BCUT2D eigenvalue weighted by molar-refractivity contribution is -0.114. The van der Waals surface area contributed by atoms with E-state index in [0.717, 1.165) is 16.1 Å². The highest BCUT2D eigenvalue weighted by molar-refractivity contribution is 7.92. The number of benzene rings is 2. The molecule has 0 aromatic heterocycles. The molecule has 0 aliphatic heterocycles. The third-order valence-corrected chi connectivity index (χ3v) is 4.78. The summed E-state index contributed by atoms with van der Waals surface area (Å²) < 4.78 is 25.5. The summed E-state index contributed by atoms with van der Waals surface area (Å²) in [6.07, 6.45) is 1.71. The van der Waals surface area contributed by atoms with Gasteiger partial charge in [-0.1, -0.05) is 37.3 Å². The zero-order chi connectivity index (χ0) is 18.4. The van der Waals surface area contributed by atoms with E-state index in [1.807, 2.05) is 25.1 Å². The van der Waals surface area contributed by atoms with Crippen molar-refractivity contribution in [3.63, 3.8) is 0 Å². The number of amides is 1. The molecule has 0 fully saturated rings. The van der Waals surface area contributed by atoms with Gasteiger partial charge in [-0.2, -0.15) is 5.26 Å². The van der Waals surface area contributed by atoms with Gasteiger partial charge in [0.05, 0.1) is 23.2 Å². The van der Waals surface area contributed by atoms with Crippen molar-refractivity contribution in [1.29, 1.82) is 5.26 Å². The molecule has 0 unspecified atom stereocenters. The Labute approximate surface area is 147 Å². The lowest BCUT2D eigenvalue weighted by Gasteiger charge is -2.24. The van der Waals surface area contributed by atoms with Crippen molar-refractivity contribution < 1.29 is 13.2 Å². The molecule has 0 saturated heterocycles. The number of carbonyl (C=O) groups excluding carboxylic acids is 1. The minimum Gasteiger partial charge on any atom is -0.323 e. The van der Waals surface area contributed by atoms with Gasteiger partial charge >= 0.3 is 0 Å². The molecule has 6 nitrogen and oxygen atoms in total. The molecule has 2 rings (SSSR count). The van der Waals surface area contributed by atoms with Gasteiger partial charge in [-0.3, -0.25) is 9.10 Å². The number of hydrogen-bond acceptors (Lipinski definition) is 4. The Hall–Kier alpha value is -2.85. The highest BCUT2D eigenvalue weighted by atomic mass is 32.2. The fourth-order valence-corrected chi connectivity index (χ4v) is 3.33.